The van der Waals surface area contributed by atoms with E-state index in [9.17, 15) is 9.65 Å². The second kappa shape index (κ2) is 7.75. The Bertz CT molecular complexity index is 922. The maximum Gasteiger partial charge on any atom is 0.123 e. The number of aromatic nitrogens is 1. The van der Waals surface area contributed by atoms with Crippen LogP contribution in [0.2, 0.25) is 0 Å². The molecule has 0 radical (unpaired) electrons. The number of rotatable bonds is 6. The zero-order valence-corrected chi connectivity index (χ0v) is 14.6. The highest BCUT2D eigenvalue weighted by Crippen LogP contribution is 2.22. The number of hydrogen-bond acceptors (Lipinski definition) is 3. The fourth-order valence-electron chi connectivity index (χ4n) is 2.84. The first-order valence-electron chi connectivity index (χ1n) is 8.38. The molecule has 0 saturated heterocycles. The van der Waals surface area contributed by atoms with Gasteiger partial charge < -0.3 is 15.0 Å². The van der Waals surface area contributed by atoms with E-state index >= 15 is 0 Å². The van der Waals surface area contributed by atoms with Gasteiger partial charge in [0.1, 0.15) is 29.9 Å². The summed E-state index contributed by atoms with van der Waals surface area (Å²) in [6.45, 7) is 2.88. The number of nitrogens with two attached hydrogens (primary N) is 1. The molecule has 1 aromatic heterocycles. The van der Waals surface area contributed by atoms with Gasteiger partial charge in [-0.2, -0.15) is 5.26 Å². The number of nitriles is 1. The van der Waals surface area contributed by atoms with Crippen molar-refractivity contribution in [3.63, 3.8) is 0 Å². The van der Waals surface area contributed by atoms with Crippen LogP contribution in [0.15, 0.2) is 54.6 Å². The van der Waals surface area contributed by atoms with Gasteiger partial charge in [-0.3, -0.25) is 0 Å². The Balaban J connectivity index is 1.75. The Kier molecular flexibility index (Phi) is 5.23. The third kappa shape index (κ3) is 4.04. The number of anilines is 1. The van der Waals surface area contributed by atoms with Gasteiger partial charge in [-0.25, -0.2) is 4.39 Å². The highest BCUT2D eigenvalue weighted by molar-refractivity contribution is 5.52. The minimum Gasteiger partial charge on any atom is -0.492 e. The summed E-state index contributed by atoms with van der Waals surface area (Å²) in [5, 5.41) is 9.40. The SMILES string of the molecule is Cc1ccc(Cc2c(N)cc(C#N)n2CCOc2ccc(F)cc2)cc1. The number of nitrogen functional groups attached to an aromatic ring is 1. The van der Waals surface area contributed by atoms with Crippen LogP contribution in [0.1, 0.15) is 22.5 Å². The third-order valence-corrected chi connectivity index (χ3v) is 4.25. The molecule has 0 aliphatic rings. The second-order valence-electron chi connectivity index (χ2n) is 6.16. The van der Waals surface area contributed by atoms with Crippen molar-refractivity contribution < 1.29 is 9.13 Å². The predicted octanol–water partition coefficient (Wildman–Crippen LogP) is 4.06. The summed E-state index contributed by atoms with van der Waals surface area (Å²) >= 11 is 0. The smallest absolute Gasteiger partial charge is 0.123 e. The molecular weight excluding hydrogens is 329 g/mol. The summed E-state index contributed by atoms with van der Waals surface area (Å²) in [7, 11) is 0. The predicted molar refractivity (Wildman–Crippen MR) is 99.4 cm³/mol. The molecule has 0 fully saturated rings. The maximum atomic E-state index is 13.0. The van der Waals surface area contributed by atoms with Crippen molar-refractivity contribution in [2.75, 3.05) is 12.3 Å². The van der Waals surface area contributed by atoms with Crippen LogP contribution in [-0.4, -0.2) is 11.2 Å². The summed E-state index contributed by atoms with van der Waals surface area (Å²) in [4.78, 5) is 0. The summed E-state index contributed by atoms with van der Waals surface area (Å²) in [6, 6.07) is 18.0. The first kappa shape index (κ1) is 17.6. The van der Waals surface area contributed by atoms with Gasteiger partial charge >= 0.3 is 0 Å². The van der Waals surface area contributed by atoms with Crippen LogP contribution in [0.3, 0.4) is 0 Å². The first-order chi connectivity index (χ1) is 12.6. The average Bonchev–Trinajstić information content (AvgIpc) is 2.94. The van der Waals surface area contributed by atoms with E-state index in [1.807, 2.05) is 11.5 Å². The number of hydrogen-bond donors (Lipinski definition) is 1. The third-order valence-electron chi connectivity index (χ3n) is 4.25. The minimum atomic E-state index is -0.303. The molecule has 3 rings (SSSR count). The zero-order chi connectivity index (χ0) is 18.5. The van der Waals surface area contributed by atoms with Gasteiger partial charge in [0.25, 0.3) is 0 Å². The van der Waals surface area contributed by atoms with Crippen molar-refractivity contribution in [2.45, 2.75) is 19.9 Å². The molecular formula is C21H20FN3O. The van der Waals surface area contributed by atoms with E-state index in [-0.39, 0.29) is 5.82 Å². The lowest BCUT2D eigenvalue weighted by molar-refractivity contribution is 0.296. The molecule has 0 atom stereocenters. The van der Waals surface area contributed by atoms with Gasteiger partial charge in [-0.05, 0) is 42.8 Å². The molecule has 2 aromatic carbocycles. The molecule has 0 bridgehead atoms. The lowest BCUT2D eigenvalue weighted by Crippen LogP contribution is -2.13. The number of benzene rings is 2. The lowest BCUT2D eigenvalue weighted by Gasteiger charge is -2.13. The average molecular weight is 349 g/mol. The molecule has 0 aliphatic carbocycles. The number of aryl methyl sites for hydroxylation is 1. The Hall–Kier alpha value is -3.26. The quantitative estimate of drug-likeness (QED) is 0.730. The summed E-state index contributed by atoms with van der Waals surface area (Å²) in [6.07, 6.45) is 0.643. The molecule has 0 saturated carbocycles. The lowest BCUT2D eigenvalue weighted by atomic mass is 10.1. The van der Waals surface area contributed by atoms with Crippen LogP contribution >= 0.6 is 0 Å². The van der Waals surface area contributed by atoms with Gasteiger partial charge in [0.2, 0.25) is 0 Å². The largest absolute Gasteiger partial charge is 0.492 e. The van der Waals surface area contributed by atoms with E-state index in [1.165, 1.54) is 17.7 Å². The Morgan fingerprint density at radius 1 is 1.12 bits per heavy atom. The van der Waals surface area contributed by atoms with Crippen molar-refractivity contribution in [1.29, 1.82) is 5.26 Å². The van der Waals surface area contributed by atoms with Gasteiger partial charge in [-0.1, -0.05) is 29.8 Å². The van der Waals surface area contributed by atoms with Crippen molar-refractivity contribution in [2.24, 2.45) is 0 Å². The van der Waals surface area contributed by atoms with Crippen LogP contribution in [0.5, 0.6) is 5.75 Å². The molecule has 2 N–H and O–H groups in total. The molecule has 132 valence electrons. The molecule has 0 aliphatic heterocycles. The second-order valence-corrected chi connectivity index (χ2v) is 6.16. The Morgan fingerprint density at radius 2 is 1.81 bits per heavy atom. The first-order valence-corrected chi connectivity index (χ1v) is 8.38. The highest BCUT2D eigenvalue weighted by atomic mass is 19.1. The van der Waals surface area contributed by atoms with Crippen LogP contribution in [-0.2, 0) is 13.0 Å². The monoisotopic (exact) mass is 349 g/mol. The van der Waals surface area contributed by atoms with E-state index in [4.69, 9.17) is 10.5 Å². The van der Waals surface area contributed by atoms with E-state index in [0.29, 0.717) is 36.7 Å². The summed E-state index contributed by atoms with van der Waals surface area (Å²) in [5.41, 5.74) is 10.5. The van der Waals surface area contributed by atoms with Crippen molar-refractivity contribution in [3.8, 4) is 11.8 Å². The van der Waals surface area contributed by atoms with Crippen LogP contribution < -0.4 is 10.5 Å². The van der Waals surface area contributed by atoms with E-state index < -0.39 is 0 Å². The van der Waals surface area contributed by atoms with E-state index in [0.717, 1.165) is 11.3 Å². The maximum absolute atomic E-state index is 13.0. The standard InChI is InChI=1S/C21H20FN3O/c1-15-2-4-16(5-3-15)12-21-20(24)13-18(14-23)25(21)10-11-26-19-8-6-17(22)7-9-19/h2-9,13H,10-12,24H2,1H3. The zero-order valence-electron chi connectivity index (χ0n) is 14.6. The van der Waals surface area contributed by atoms with Crippen LogP contribution in [0.25, 0.3) is 0 Å². The Labute approximate surface area is 152 Å². The molecule has 0 spiro atoms. The number of ether oxygens (including phenoxy) is 1. The molecule has 0 unspecified atom stereocenters. The van der Waals surface area contributed by atoms with Gasteiger partial charge in [0.05, 0.1) is 12.2 Å². The molecule has 5 heteroatoms. The van der Waals surface area contributed by atoms with E-state index in [2.05, 4.69) is 30.3 Å². The fourth-order valence-corrected chi connectivity index (χ4v) is 2.84. The van der Waals surface area contributed by atoms with Crippen LogP contribution in [0.4, 0.5) is 10.1 Å². The number of halogens is 1. The molecule has 26 heavy (non-hydrogen) atoms. The molecule has 4 nitrogen and oxygen atoms in total. The molecule has 3 aromatic rings. The normalized spacial score (nSPS) is 10.5. The summed E-state index contributed by atoms with van der Waals surface area (Å²) < 4.78 is 20.5. The number of nitrogens with zero attached hydrogens (tertiary/aromatic N) is 2. The van der Waals surface area contributed by atoms with Crippen molar-refractivity contribution in [1.82, 2.24) is 4.57 Å². The molecule has 1 heterocycles. The highest BCUT2D eigenvalue weighted by Gasteiger charge is 2.14. The van der Waals surface area contributed by atoms with Gasteiger partial charge in [0.15, 0.2) is 0 Å². The van der Waals surface area contributed by atoms with Gasteiger partial charge in [-0.15, -0.1) is 0 Å². The van der Waals surface area contributed by atoms with Gasteiger partial charge in [0, 0.05) is 12.1 Å². The fraction of sp³-hybridized carbons (Fsp3) is 0.190. The van der Waals surface area contributed by atoms with Crippen molar-refractivity contribution in [3.05, 3.63) is 82.9 Å². The van der Waals surface area contributed by atoms with Crippen molar-refractivity contribution >= 4 is 5.69 Å². The Morgan fingerprint density at radius 3 is 2.46 bits per heavy atom. The topological polar surface area (TPSA) is 64.0 Å². The minimum absolute atomic E-state index is 0.303. The molecule has 0 amide bonds. The van der Waals surface area contributed by atoms with E-state index in [1.54, 1.807) is 18.2 Å². The summed E-state index contributed by atoms with van der Waals surface area (Å²) in [5.74, 6) is 0.285. The van der Waals surface area contributed by atoms with Crippen LogP contribution in [0, 0.1) is 24.1 Å².